The fourth-order valence-electron chi connectivity index (χ4n) is 5.57. The van der Waals surface area contributed by atoms with Gasteiger partial charge in [0.1, 0.15) is 6.10 Å². The van der Waals surface area contributed by atoms with Gasteiger partial charge in [0.05, 0.1) is 17.9 Å². The molecule has 2 aliphatic carbocycles. The highest BCUT2D eigenvalue weighted by molar-refractivity contribution is 5.94. The van der Waals surface area contributed by atoms with Crippen LogP contribution in [0.15, 0.2) is 34.2 Å². The third-order valence-electron chi connectivity index (χ3n) is 6.67. The highest BCUT2D eigenvalue weighted by Crippen LogP contribution is 2.64. The van der Waals surface area contributed by atoms with Gasteiger partial charge in [0, 0.05) is 35.5 Å². The van der Waals surface area contributed by atoms with Gasteiger partial charge >= 0.3 is 11.9 Å². The molecule has 5 rings (SSSR count). The first-order valence-electron chi connectivity index (χ1n) is 8.88. The molecule has 25 heavy (non-hydrogen) atoms. The van der Waals surface area contributed by atoms with Gasteiger partial charge in [-0.25, -0.2) is 4.79 Å². The molecular weight excluding hydrogens is 324 g/mol. The van der Waals surface area contributed by atoms with Crippen molar-refractivity contribution in [2.45, 2.75) is 50.9 Å². The van der Waals surface area contributed by atoms with E-state index in [2.05, 4.69) is 0 Å². The molecule has 4 aliphatic rings. The van der Waals surface area contributed by atoms with E-state index in [1.165, 1.54) is 0 Å². The maximum atomic E-state index is 13.1. The van der Waals surface area contributed by atoms with Crippen LogP contribution >= 0.6 is 0 Å². The predicted molar refractivity (Wildman–Crippen MR) is 83.8 cm³/mol. The van der Waals surface area contributed by atoms with E-state index in [0.29, 0.717) is 24.0 Å². The topological polar surface area (TPSA) is 86.0 Å². The summed E-state index contributed by atoms with van der Waals surface area (Å²) in [6.45, 7) is 1.95. The summed E-state index contributed by atoms with van der Waals surface area (Å²) in [6, 6.07) is 1.81. The van der Waals surface area contributed by atoms with Crippen LogP contribution in [-0.4, -0.2) is 22.8 Å². The van der Waals surface area contributed by atoms with Crippen LogP contribution in [0.25, 0.3) is 0 Å². The predicted octanol–water partition coefficient (Wildman–Crippen LogP) is 2.64. The van der Waals surface area contributed by atoms with Crippen LogP contribution in [0.5, 0.6) is 0 Å². The number of cyclic esters (lactones) is 1. The number of ether oxygens (including phenoxy) is 2. The molecule has 1 aromatic heterocycles. The van der Waals surface area contributed by atoms with Crippen LogP contribution < -0.4 is 0 Å². The maximum Gasteiger partial charge on any atom is 0.336 e. The second-order valence-corrected chi connectivity index (χ2v) is 7.81. The van der Waals surface area contributed by atoms with Crippen molar-refractivity contribution >= 4 is 11.9 Å². The van der Waals surface area contributed by atoms with Crippen LogP contribution in [0, 0.1) is 17.3 Å². The van der Waals surface area contributed by atoms with Crippen LogP contribution in [0.2, 0.25) is 0 Å². The second-order valence-electron chi connectivity index (χ2n) is 7.81. The molecular formula is C19H20O6. The zero-order valence-electron chi connectivity index (χ0n) is 14.0. The summed E-state index contributed by atoms with van der Waals surface area (Å²) in [6.07, 6.45) is 5.79. The average molecular weight is 344 g/mol. The van der Waals surface area contributed by atoms with Gasteiger partial charge in [-0.1, -0.05) is 6.92 Å². The van der Waals surface area contributed by atoms with Crippen molar-refractivity contribution in [3.8, 4) is 0 Å². The van der Waals surface area contributed by atoms with Crippen molar-refractivity contribution in [2.24, 2.45) is 17.3 Å². The molecule has 1 saturated carbocycles. The summed E-state index contributed by atoms with van der Waals surface area (Å²) in [4.78, 5) is 25.3. The molecule has 2 aliphatic heterocycles. The Morgan fingerprint density at radius 1 is 1.28 bits per heavy atom. The van der Waals surface area contributed by atoms with Crippen molar-refractivity contribution in [3.05, 3.63) is 35.3 Å². The summed E-state index contributed by atoms with van der Waals surface area (Å²) in [5.41, 5.74) is 1.35. The Labute approximate surface area is 144 Å². The first-order valence-corrected chi connectivity index (χ1v) is 8.88. The fraction of sp³-hybridized carbons (Fsp3) is 0.579. The lowest BCUT2D eigenvalue weighted by molar-refractivity contribution is -0.205. The molecule has 5 atom stereocenters. The lowest BCUT2D eigenvalue weighted by Crippen LogP contribution is -2.54. The lowest BCUT2D eigenvalue weighted by Gasteiger charge is -2.49. The Balaban J connectivity index is 1.62. The van der Waals surface area contributed by atoms with Crippen LogP contribution in [0.4, 0.5) is 0 Å². The van der Waals surface area contributed by atoms with Crippen LogP contribution in [-0.2, 0) is 19.1 Å². The van der Waals surface area contributed by atoms with Gasteiger partial charge in [-0.05, 0) is 31.2 Å². The van der Waals surface area contributed by atoms with Crippen LogP contribution in [0.1, 0.15) is 50.7 Å². The van der Waals surface area contributed by atoms with E-state index < -0.39 is 17.2 Å². The number of aliphatic hydroxyl groups is 1. The van der Waals surface area contributed by atoms with Gasteiger partial charge in [-0.3, -0.25) is 4.79 Å². The summed E-state index contributed by atoms with van der Waals surface area (Å²) in [5.74, 6) is -2.56. The van der Waals surface area contributed by atoms with E-state index in [0.717, 1.165) is 18.4 Å². The summed E-state index contributed by atoms with van der Waals surface area (Å²) >= 11 is 0. The van der Waals surface area contributed by atoms with E-state index in [4.69, 9.17) is 13.9 Å². The molecule has 1 aromatic rings. The number of carbonyl (C=O) groups is 2. The molecule has 0 aromatic carbocycles. The first-order chi connectivity index (χ1) is 12.0. The number of rotatable bonds is 1. The number of esters is 2. The Kier molecular flexibility index (Phi) is 2.89. The molecule has 1 saturated heterocycles. The van der Waals surface area contributed by atoms with E-state index >= 15 is 0 Å². The van der Waals surface area contributed by atoms with Crippen molar-refractivity contribution < 1.29 is 28.6 Å². The normalized spacial score (nSPS) is 42.6. The molecule has 1 N–H and O–H groups in total. The number of furan rings is 1. The zero-order valence-corrected chi connectivity index (χ0v) is 14.0. The van der Waals surface area contributed by atoms with Gasteiger partial charge in [0.15, 0.2) is 0 Å². The van der Waals surface area contributed by atoms with Gasteiger partial charge < -0.3 is 19.0 Å². The molecule has 3 unspecified atom stereocenters. The molecule has 3 heterocycles. The molecule has 2 fully saturated rings. The fourth-order valence-corrected chi connectivity index (χ4v) is 5.57. The van der Waals surface area contributed by atoms with Crippen molar-refractivity contribution in [1.82, 2.24) is 0 Å². The number of hydrogen-bond donors (Lipinski definition) is 1. The third kappa shape index (κ3) is 1.78. The highest BCUT2D eigenvalue weighted by Gasteiger charge is 2.68. The lowest BCUT2D eigenvalue weighted by atomic mass is 9.53. The second kappa shape index (κ2) is 4.75. The van der Waals surface area contributed by atoms with Crippen molar-refractivity contribution in [3.63, 3.8) is 0 Å². The first kappa shape index (κ1) is 15.2. The van der Waals surface area contributed by atoms with E-state index in [-0.39, 0.29) is 30.3 Å². The molecule has 6 heteroatoms. The average Bonchev–Trinajstić information content (AvgIpc) is 3.25. The zero-order chi connectivity index (χ0) is 17.4. The van der Waals surface area contributed by atoms with E-state index in [9.17, 15) is 14.7 Å². The summed E-state index contributed by atoms with van der Waals surface area (Å²) < 4.78 is 16.2. The van der Waals surface area contributed by atoms with Gasteiger partial charge in [0.25, 0.3) is 0 Å². The van der Waals surface area contributed by atoms with Gasteiger partial charge in [-0.2, -0.15) is 0 Å². The minimum atomic E-state index is -1.55. The molecule has 6 nitrogen and oxygen atoms in total. The quantitative estimate of drug-likeness (QED) is 0.788. The van der Waals surface area contributed by atoms with Crippen molar-refractivity contribution in [1.29, 1.82) is 0 Å². The smallest absolute Gasteiger partial charge is 0.336 e. The Morgan fingerprint density at radius 3 is 2.88 bits per heavy atom. The minimum Gasteiger partial charge on any atom is -0.472 e. The largest absolute Gasteiger partial charge is 0.472 e. The molecule has 1 spiro atoms. The molecule has 0 bridgehead atoms. The third-order valence-corrected chi connectivity index (χ3v) is 6.67. The number of hydrogen-bond acceptors (Lipinski definition) is 6. The SMILES string of the molecule is CC1CC2(O)OC(=O)C3=C2C(CCC3)[C@@]12C[C@@H](c1ccoc1)OC2=O. The van der Waals surface area contributed by atoms with E-state index in [1.54, 1.807) is 12.5 Å². The maximum absolute atomic E-state index is 13.1. The van der Waals surface area contributed by atoms with Gasteiger partial charge in [0.2, 0.25) is 5.79 Å². The molecule has 0 radical (unpaired) electrons. The molecule has 0 amide bonds. The number of fused-ring (bicyclic) bond motifs is 1. The highest BCUT2D eigenvalue weighted by atomic mass is 16.7. The van der Waals surface area contributed by atoms with Crippen molar-refractivity contribution in [2.75, 3.05) is 0 Å². The van der Waals surface area contributed by atoms with Gasteiger partial charge in [-0.15, -0.1) is 0 Å². The number of carbonyl (C=O) groups excluding carboxylic acids is 2. The van der Waals surface area contributed by atoms with Crippen LogP contribution in [0.3, 0.4) is 0 Å². The molecule has 132 valence electrons. The van der Waals surface area contributed by atoms with E-state index in [1.807, 2.05) is 13.0 Å². The minimum absolute atomic E-state index is 0.152. The standard InChI is InChI=1S/C19H20O6/c1-10-7-19(22)15-12(16(20)25-19)3-2-4-13(15)18(10)8-14(24-17(18)21)11-5-6-23-9-11/h5-6,9-10,13-14,22H,2-4,7-8H2,1H3/t10?,13?,14-,18+,19?/m0/s1. The Hall–Kier alpha value is -2.08. The summed E-state index contributed by atoms with van der Waals surface area (Å²) in [5, 5.41) is 11.0. The monoisotopic (exact) mass is 344 g/mol. The Bertz CT molecular complexity index is 793. The summed E-state index contributed by atoms with van der Waals surface area (Å²) in [7, 11) is 0. The Morgan fingerprint density at radius 2 is 2.12 bits per heavy atom.